The Morgan fingerprint density at radius 1 is 0.500 bits per heavy atom. The molecule has 0 heteroatoms. The summed E-state index contributed by atoms with van der Waals surface area (Å²) in [6.07, 6.45) is 19.0. The molecular formula is C24H44. The molecule has 0 heterocycles. The third-order valence-electron chi connectivity index (χ3n) is 5.71. The van der Waals surface area contributed by atoms with Gasteiger partial charge in [0.15, 0.2) is 0 Å². The zero-order chi connectivity index (χ0) is 17.8. The highest BCUT2D eigenvalue weighted by Gasteiger charge is 2.31. The first-order valence-corrected chi connectivity index (χ1v) is 11.2. The first-order chi connectivity index (χ1) is 11.7. The van der Waals surface area contributed by atoms with Crippen molar-refractivity contribution in [1.82, 2.24) is 0 Å². The maximum Gasteiger partial charge on any atom is 0.00188 e. The molecule has 0 spiro atoms. The molecule has 0 aromatic rings. The largest absolute Gasteiger partial charge is 0.0654 e. The Morgan fingerprint density at radius 2 is 0.958 bits per heavy atom. The fraction of sp³-hybridized carbons (Fsp3) is 0.833. The molecule has 1 aliphatic carbocycles. The molecule has 0 N–H and O–H groups in total. The average molecular weight is 333 g/mol. The van der Waals surface area contributed by atoms with Crippen LogP contribution in [0.25, 0.3) is 0 Å². The predicted octanol–water partition coefficient (Wildman–Crippen LogP) is 8.77. The van der Waals surface area contributed by atoms with Crippen molar-refractivity contribution in [2.24, 2.45) is 5.92 Å². The van der Waals surface area contributed by atoms with Crippen LogP contribution in [0.5, 0.6) is 0 Å². The molecule has 0 amide bonds. The Labute approximate surface area is 153 Å². The van der Waals surface area contributed by atoms with Crippen LogP contribution in [0.1, 0.15) is 125 Å². The Kier molecular flexibility index (Phi) is 11.5. The van der Waals surface area contributed by atoms with Crippen LogP contribution in [0.15, 0.2) is 22.3 Å². The monoisotopic (exact) mass is 332 g/mol. The molecule has 0 saturated carbocycles. The third kappa shape index (κ3) is 6.08. The van der Waals surface area contributed by atoms with Crippen molar-refractivity contribution in [3.8, 4) is 0 Å². The van der Waals surface area contributed by atoms with Crippen molar-refractivity contribution in [3.05, 3.63) is 22.3 Å². The second-order valence-electron chi connectivity index (χ2n) is 7.76. The van der Waals surface area contributed by atoms with Crippen molar-refractivity contribution >= 4 is 0 Å². The van der Waals surface area contributed by atoms with Gasteiger partial charge in [0.1, 0.15) is 0 Å². The Morgan fingerprint density at radius 3 is 1.42 bits per heavy atom. The van der Waals surface area contributed by atoms with Crippen LogP contribution in [0.2, 0.25) is 0 Å². The molecular weight excluding hydrogens is 288 g/mol. The van der Waals surface area contributed by atoms with Crippen molar-refractivity contribution in [3.63, 3.8) is 0 Å². The number of unbranched alkanes of at least 4 members (excludes halogenated alkanes) is 4. The number of hydrogen-bond acceptors (Lipinski definition) is 0. The summed E-state index contributed by atoms with van der Waals surface area (Å²) in [4.78, 5) is 0. The van der Waals surface area contributed by atoms with E-state index in [1.54, 1.807) is 0 Å². The molecule has 1 rings (SSSR count). The van der Waals surface area contributed by atoms with Gasteiger partial charge in [-0.15, -0.1) is 0 Å². The van der Waals surface area contributed by atoms with E-state index in [2.05, 4.69) is 34.6 Å². The number of rotatable bonds is 14. The summed E-state index contributed by atoms with van der Waals surface area (Å²) >= 11 is 0. The van der Waals surface area contributed by atoms with Gasteiger partial charge in [-0.2, -0.15) is 0 Å². The summed E-state index contributed by atoms with van der Waals surface area (Å²) < 4.78 is 0. The number of allylic oxidation sites excluding steroid dienone is 4. The lowest BCUT2D eigenvalue weighted by atomic mass is 9.85. The molecule has 0 aliphatic heterocycles. The fourth-order valence-electron chi connectivity index (χ4n) is 4.39. The van der Waals surface area contributed by atoms with E-state index < -0.39 is 0 Å². The molecule has 1 atom stereocenters. The lowest BCUT2D eigenvalue weighted by Crippen LogP contribution is -2.06. The molecule has 0 saturated heterocycles. The fourth-order valence-corrected chi connectivity index (χ4v) is 4.39. The number of hydrogen-bond donors (Lipinski definition) is 0. The lowest BCUT2D eigenvalue weighted by Gasteiger charge is -2.20. The third-order valence-corrected chi connectivity index (χ3v) is 5.71. The van der Waals surface area contributed by atoms with Gasteiger partial charge in [-0.1, -0.05) is 84.3 Å². The van der Waals surface area contributed by atoms with Crippen molar-refractivity contribution in [2.75, 3.05) is 0 Å². The minimum Gasteiger partial charge on any atom is -0.0654 e. The van der Waals surface area contributed by atoms with Gasteiger partial charge in [0.05, 0.1) is 0 Å². The maximum absolute atomic E-state index is 2.37. The summed E-state index contributed by atoms with van der Waals surface area (Å²) in [5.74, 6) is 0.815. The standard InChI is InChI=1S/C24H44/c1-6-11-16-21-20(15-10-5)22(17-12-7-2)24(19-14-9-4)23(21)18-13-8-3/h21H,6-19H2,1-5H3. The van der Waals surface area contributed by atoms with E-state index in [1.165, 1.54) is 89.9 Å². The van der Waals surface area contributed by atoms with Crippen LogP contribution >= 0.6 is 0 Å². The second kappa shape index (κ2) is 12.8. The van der Waals surface area contributed by atoms with E-state index in [0.29, 0.717) is 0 Å². The van der Waals surface area contributed by atoms with E-state index in [0.717, 1.165) is 5.92 Å². The molecule has 1 unspecified atom stereocenters. The quantitative estimate of drug-likeness (QED) is 0.298. The van der Waals surface area contributed by atoms with Gasteiger partial charge in [-0.25, -0.2) is 0 Å². The summed E-state index contributed by atoms with van der Waals surface area (Å²) in [5, 5.41) is 0. The van der Waals surface area contributed by atoms with Gasteiger partial charge in [0.25, 0.3) is 0 Å². The first kappa shape index (κ1) is 21.5. The Bertz CT molecular complexity index is 396. The SMILES string of the molecule is CCCCC1=C(CCC)C(CCCC)C(CCCC)=C1CCCC. The van der Waals surface area contributed by atoms with Gasteiger partial charge < -0.3 is 0 Å². The summed E-state index contributed by atoms with van der Waals surface area (Å²) in [6, 6.07) is 0. The van der Waals surface area contributed by atoms with Gasteiger partial charge in [0.2, 0.25) is 0 Å². The summed E-state index contributed by atoms with van der Waals surface area (Å²) in [6.45, 7) is 11.8. The van der Waals surface area contributed by atoms with Gasteiger partial charge >= 0.3 is 0 Å². The molecule has 24 heavy (non-hydrogen) atoms. The average Bonchev–Trinajstić information content (AvgIpc) is 2.86. The minimum atomic E-state index is 0.815. The Hall–Kier alpha value is -0.520. The molecule has 0 aromatic carbocycles. The second-order valence-corrected chi connectivity index (χ2v) is 7.76. The van der Waals surface area contributed by atoms with E-state index in [-0.39, 0.29) is 0 Å². The van der Waals surface area contributed by atoms with Crippen LogP contribution < -0.4 is 0 Å². The normalized spacial score (nSPS) is 18.1. The molecule has 1 aliphatic rings. The minimum absolute atomic E-state index is 0.815. The van der Waals surface area contributed by atoms with Crippen LogP contribution in [0.4, 0.5) is 0 Å². The lowest BCUT2D eigenvalue weighted by molar-refractivity contribution is 0.553. The molecule has 0 nitrogen and oxygen atoms in total. The highest BCUT2D eigenvalue weighted by molar-refractivity contribution is 5.50. The van der Waals surface area contributed by atoms with E-state index in [9.17, 15) is 0 Å². The van der Waals surface area contributed by atoms with Crippen LogP contribution in [0, 0.1) is 5.92 Å². The highest BCUT2D eigenvalue weighted by atomic mass is 14.4. The van der Waals surface area contributed by atoms with E-state index >= 15 is 0 Å². The predicted molar refractivity (Wildman–Crippen MR) is 111 cm³/mol. The van der Waals surface area contributed by atoms with Crippen molar-refractivity contribution in [2.45, 2.75) is 125 Å². The molecule has 0 fully saturated rings. The first-order valence-electron chi connectivity index (χ1n) is 11.2. The highest BCUT2D eigenvalue weighted by Crippen LogP contribution is 2.47. The van der Waals surface area contributed by atoms with Crippen LogP contribution in [-0.2, 0) is 0 Å². The molecule has 0 bridgehead atoms. The van der Waals surface area contributed by atoms with Crippen LogP contribution in [0.3, 0.4) is 0 Å². The Balaban J connectivity index is 3.18. The van der Waals surface area contributed by atoms with E-state index in [4.69, 9.17) is 0 Å². The zero-order valence-corrected chi connectivity index (χ0v) is 17.5. The molecule has 0 aromatic heterocycles. The summed E-state index contributed by atoms with van der Waals surface area (Å²) in [5.41, 5.74) is 7.42. The van der Waals surface area contributed by atoms with Gasteiger partial charge in [-0.3, -0.25) is 0 Å². The topological polar surface area (TPSA) is 0 Å². The van der Waals surface area contributed by atoms with Crippen LogP contribution in [-0.4, -0.2) is 0 Å². The molecule has 140 valence electrons. The summed E-state index contributed by atoms with van der Waals surface area (Å²) in [7, 11) is 0. The van der Waals surface area contributed by atoms with Gasteiger partial charge in [-0.05, 0) is 62.5 Å². The maximum atomic E-state index is 2.37. The zero-order valence-electron chi connectivity index (χ0n) is 17.5. The smallest absolute Gasteiger partial charge is 0.00188 e. The van der Waals surface area contributed by atoms with Crippen molar-refractivity contribution < 1.29 is 0 Å². The van der Waals surface area contributed by atoms with Crippen molar-refractivity contribution in [1.29, 1.82) is 0 Å². The van der Waals surface area contributed by atoms with E-state index in [1.807, 2.05) is 22.3 Å². The molecule has 0 radical (unpaired) electrons. The van der Waals surface area contributed by atoms with Gasteiger partial charge in [0, 0.05) is 5.92 Å².